The van der Waals surface area contributed by atoms with E-state index in [4.69, 9.17) is 28.4 Å². The fraction of sp³-hybridized carbons (Fsp3) is 0.333. The second-order valence-corrected chi connectivity index (χ2v) is 15.7. The fourth-order valence-electron chi connectivity index (χ4n) is 11.9. The maximum atomic E-state index is 14.6. The molecule has 53 heavy (non-hydrogen) atoms. The summed E-state index contributed by atoms with van der Waals surface area (Å²) >= 11 is 0. The van der Waals surface area contributed by atoms with Gasteiger partial charge in [-0.15, -0.1) is 0 Å². The normalized spacial score (nSPS) is 19.1. The predicted molar refractivity (Wildman–Crippen MR) is 203 cm³/mol. The van der Waals surface area contributed by atoms with Crippen LogP contribution in [0.25, 0.3) is 86.2 Å². The van der Waals surface area contributed by atoms with E-state index in [0.29, 0.717) is 26.4 Å². The second kappa shape index (κ2) is 9.81. The molecule has 0 heterocycles. The molecule has 8 heteroatoms. The summed E-state index contributed by atoms with van der Waals surface area (Å²) in [6.07, 6.45) is 1.66. The highest BCUT2D eigenvalue weighted by Crippen LogP contribution is 2.77. The van der Waals surface area contributed by atoms with Crippen molar-refractivity contribution in [1.82, 2.24) is 0 Å². The Labute approximate surface area is 302 Å². The van der Waals surface area contributed by atoms with Crippen LogP contribution in [0, 0.1) is 5.41 Å². The third-order valence-electron chi connectivity index (χ3n) is 13.5. The van der Waals surface area contributed by atoms with E-state index in [1.807, 2.05) is 0 Å². The summed E-state index contributed by atoms with van der Waals surface area (Å²) in [7, 11) is 3.24. The SMILES string of the molecule is COCCOCCOC(=O)C1(C(=O)OCCOCCOC)C2c3cc4c5c6c(cc7ccc8cc9c%10c%11c(cc(c%12c3c5c(c%12%11)c3c6c7c8c%103)C21)C9)C4. The highest BCUT2D eigenvalue weighted by molar-refractivity contribution is 6.58. The molecule has 8 nitrogen and oxygen atoms in total. The van der Waals surface area contributed by atoms with Gasteiger partial charge in [0.15, 0.2) is 5.41 Å². The Kier molecular flexibility index (Phi) is 5.47. The van der Waals surface area contributed by atoms with Crippen LogP contribution >= 0.6 is 0 Å². The van der Waals surface area contributed by atoms with Crippen LogP contribution < -0.4 is 0 Å². The predicted octanol–water partition coefficient (Wildman–Crippen LogP) is 7.50. The molecule has 0 spiro atoms. The average molecular weight is 703 g/mol. The summed E-state index contributed by atoms with van der Waals surface area (Å²) < 4.78 is 33.4. The number of ether oxygens (including phenoxy) is 6. The molecule has 0 aromatic heterocycles. The molecule has 1 fully saturated rings. The zero-order valence-electron chi connectivity index (χ0n) is 29.5. The molecule has 262 valence electrons. The Balaban J connectivity index is 1.05. The number of carbonyl (C=O) groups is 2. The largest absolute Gasteiger partial charge is 0.462 e. The zero-order valence-corrected chi connectivity index (χ0v) is 29.5. The maximum absolute atomic E-state index is 14.6. The first-order valence-electron chi connectivity index (χ1n) is 18.8. The van der Waals surface area contributed by atoms with Gasteiger partial charge in [-0.2, -0.15) is 0 Å². The molecule has 1 saturated carbocycles. The molecule has 0 radical (unpaired) electrons. The molecule has 9 aromatic carbocycles. The van der Waals surface area contributed by atoms with Gasteiger partial charge in [-0.05, 0) is 132 Å². The van der Waals surface area contributed by atoms with E-state index < -0.39 is 29.2 Å². The monoisotopic (exact) mass is 702 g/mol. The summed E-state index contributed by atoms with van der Waals surface area (Å²) in [5, 5.41) is 21.8. The molecular weight excluding hydrogens is 668 g/mol. The maximum Gasteiger partial charge on any atom is 0.324 e. The lowest BCUT2D eigenvalue weighted by Gasteiger charge is -2.17. The van der Waals surface area contributed by atoms with E-state index in [1.54, 1.807) is 14.2 Å². The molecule has 0 amide bonds. The molecule has 2 unspecified atom stereocenters. The van der Waals surface area contributed by atoms with Gasteiger partial charge in [0.25, 0.3) is 0 Å². The van der Waals surface area contributed by atoms with E-state index in [0.717, 1.165) is 24.0 Å². The topological polar surface area (TPSA) is 89.5 Å². The first-order valence-corrected chi connectivity index (χ1v) is 18.8. The van der Waals surface area contributed by atoms with E-state index >= 15 is 0 Å². The zero-order chi connectivity index (χ0) is 35.1. The van der Waals surface area contributed by atoms with E-state index in [-0.39, 0.29) is 26.4 Å². The smallest absolute Gasteiger partial charge is 0.324 e. The third kappa shape index (κ3) is 3.17. The Morgan fingerprint density at radius 1 is 0.491 bits per heavy atom. The lowest BCUT2D eigenvalue weighted by Crippen LogP contribution is -2.34. The number of benzene rings is 7. The molecule has 13 rings (SSSR count). The van der Waals surface area contributed by atoms with Crippen molar-refractivity contribution in [3.63, 3.8) is 0 Å². The van der Waals surface area contributed by atoms with Gasteiger partial charge in [0.05, 0.1) is 39.6 Å². The van der Waals surface area contributed by atoms with Crippen molar-refractivity contribution < 1.29 is 38.0 Å². The highest BCUT2D eigenvalue weighted by atomic mass is 16.6. The molecule has 4 aliphatic rings. The van der Waals surface area contributed by atoms with Crippen LogP contribution in [-0.2, 0) is 50.9 Å². The quantitative estimate of drug-likeness (QED) is 0.0498. The molecule has 2 atom stereocenters. The Bertz CT molecular complexity index is 2850. The van der Waals surface area contributed by atoms with Crippen molar-refractivity contribution in [2.24, 2.45) is 5.41 Å². The highest BCUT2D eigenvalue weighted by Gasteiger charge is 2.79. The van der Waals surface area contributed by atoms with Gasteiger partial charge in [0.1, 0.15) is 13.2 Å². The average Bonchev–Trinajstić information content (AvgIpc) is 3.46. The first-order chi connectivity index (χ1) is 26.1. The molecule has 4 aliphatic carbocycles. The lowest BCUT2D eigenvalue weighted by molar-refractivity contribution is -0.167. The van der Waals surface area contributed by atoms with Crippen molar-refractivity contribution in [1.29, 1.82) is 0 Å². The van der Waals surface area contributed by atoms with Crippen LogP contribution in [0.3, 0.4) is 0 Å². The molecular formula is C45H34O8. The van der Waals surface area contributed by atoms with Crippen LogP contribution in [-0.4, -0.2) is 79.0 Å². The van der Waals surface area contributed by atoms with E-state index in [2.05, 4.69) is 36.4 Å². The van der Waals surface area contributed by atoms with Gasteiger partial charge in [-0.25, -0.2) is 0 Å². The molecule has 0 N–H and O–H groups in total. The minimum Gasteiger partial charge on any atom is -0.462 e. The van der Waals surface area contributed by atoms with Crippen LogP contribution in [0.15, 0.2) is 36.4 Å². The van der Waals surface area contributed by atoms with Gasteiger partial charge >= 0.3 is 11.9 Å². The molecule has 0 bridgehead atoms. The summed E-state index contributed by atoms with van der Waals surface area (Å²) in [5.74, 6) is -1.87. The second-order valence-electron chi connectivity index (χ2n) is 15.7. The number of hydrogen-bond donors (Lipinski definition) is 0. The number of methoxy groups -OCH3 is 2. The van der Waals surface area contributed by atoms with Crippen molar-refractivity contribution in [2.75, 3.05) is 67.1 Å². The fourth-order valence-corrected chi connectivity index (χ4v) is 11.9. The number of rotatable bonds is 14. The van der Waals surface area contributed by atoms with Crippen LogP contribution in [0.2, 0.25) is 0 Å². The molecule has 0 saturated heterocycles. The Morgan fingerprint density at radius 3 is 1.30 bits per heavy atom. The minimum absolute atomic E-state index is 0.0392. The van der Waals surface area contributed by atoms with Crippen molar-refractivity contribution in [2.45, 2.75) is 24.7 Å². The van der Waals surface area contributed by atoms with Crippen molar-refractivity contribution >= 4 is 98.1 Å². The van der Waals surface area contributed by atoms with Gasteiger partial charge in [0, 0.05) is 26.1 Å². The number of fused-ring (bicyclic) bond motifs is 3. The molecule has 0 aliphatic heterocycles. The standard InChI is InChI=1S/C45H34O8/c1-48-5-7-50-9-11-52-43(46)45(44(47)53-12-10-51-8-6-49-2)41-25-17-23-15-21-13-19-3-4-20-14-22-16-24-18-26(42(41)45)34-33(25)37-31(23)29(21)35-27(19)28(20)36-30(22)32(24)38(34)40(37)39(35)36/h3-4,13-14,17-18,41-42H,5-12,15-16H2,1-2H3. The first kappa shape index (κ1) is 29.6. The summed E-state index contributed by atoms with van der Waals surface area (Å²) in [6, 6.07) is 14.2. The lowest BCUT2D eigenvalue weighted by atomic mass is 9.87. The Morgan fingerprint density at radius 2 is 0.868 bits per heavy atom. The summed E-state index contributed by atoms with van der Waals surface area (Å²) in [4.78, 5) is 29.3. The minimum atomic E-state index is -1.51. The number of hydrogen-bond acceptors (Lipinski definition) is 8. The van der Waals surface area contributed by atoms with Crippen molar-refractivity contribution in [3.05, 3.63) is 69.8 Å². The van der Waals surface area contributed by atoms with Gasteiger partial charge in [-0.3, -0.25) is 9.59 Å². The number of carbonyl (C=O) groups excluding carboxylic acids is 2. The van der Waals surface area contributed by atoms with E-state index in [9.17, 15) is 9.59 Å². The van der Waals surface area contributed by atoms with Gasteiger partial charge in [-0.1, -0.05) is 36.4 Å². The summed E-state index contributed by atoms with van der Waals surface area (Å²) in [5.41, 5.74) is 5.98. The molecule has 9 aromatic rings. The van der Waals surface area contributed by atoms with Crippen LogP contribution in [0.4, 0.5) is 0 Å². The van der Waals surface area contributed by atoms with Gasteiger partial charge < -0.3 is 28.4 Å². The summed E-state index contributed by atoms with van der Waals surface area (Å²) in [6.45, 7) is 2.20. The third-order valence-corrected chi connectivity index (χ3v) is 13.5. The Hall–Kier alpha value is -4.86. The van der Waals surface area contributed by atoms with Crippen LogP contribution in [0.1, 0.15) is 45.2 Å². The number of esters is 2. The van der Waals surface area contributed by atoms with Gasteiger partial charge in [0.2, 0.25) is 0 Å². The van der Waals surface area contributed by atoms with Crippen LogP contribution in [0.5, 0.6) is 0 Å². The van der Waals surface area contributed by atoms with Crippen molar-refractivity contribution in [3.8, 4) is 0 Å². The van der Waals surface area contributed by atoms with E-state index in [1.165, 1.54) is 108 Å².